The van der Waals surface area contributed by atoms with E-state index in [4.69, 9.17) is 23.2 Å². The number of anilines is 1. The highest BCUT2D eigenvalue weighted by molar-refractivity contribution is 8.00. The van der Waals surface area contributed by atoms with E-state index < -0.39 is 5.25 Å². The van der Waals surface area contributed by atoms with E-state index in [0.717, 1.165) is 0 Å². The van der Waals surface area contributed by atoms with E-state index in [0.29, 0.717) is 38.3 Å². The summed E-state index contributed by atoms with van der Waals surface area (Å²) in [6, 6.07) is 12.1. The number of nitrogens with zero attached hydrogens (tertiary/aromatic N) is 2. The van der Waals surface area contributed by atoms with Crippen LogP contribution in [0, 0.1) is 5.92 Å². The van der Waals surface area contributed by atoms with Crippen LogP contribution in [0.4, 0.5) is 5.69 Å². The number of hydrogen-bond donors (Lipinski definition) is 1. The third-order valence-corrected chi connectivity index (χ3v) is 5.68. The van der Waals surface area contributed by atoms with Crippen molar-refractivity contribution < 1.29 is 4.79 Å². The highest BCUT2D eigenvalue weighted by Gasteiger charge is 2.20. The van der Waals surface area contributed by atoms with E-state index >= 15 is 0 Å². The number of carbonyl (C=O) groups excluding carboxylic acids is 1. The van der Waals surface area contributed by atoms with Crippen LogP contribution in [0.25, 0.3) is 10.9 Å². The third kappa shape index (κ3) is 5.32. The van der Waals surface area contributed by atoms with E-state index in [1.165, 1.54) is 11.8 Å². The van der Waals surface area contributed by atoms with Crippen LogP contribution in [0.3, 0.4) is 0 Å². The predicted molar refractivity (Wildman–Crippen MR) is 121 cm³/mol. The zero-order valence-corrected chi connectivity index (χ0v) is 18.6. The maximum absolute atomic E-state index is 13.0. The number of rotatable bonds is 6. The molecule has 0 saturated heterocycles. The molecule has 0 radical (unpaired) electrons. The molecule has 152 valence electrons. The average molecular weight is 450 g/mol. The van der Waals surface area contributed by atoms with E-state index in [1.54, 1.807) is 41.8 Å². The quantitative estimate of drug-likeness (QED) is 0.399. The molecule has 0 aliphatic rings. The fourth-order valence-electron chi connectivity index (χ4n) is 2.85. The number of para-hydroxylation sites is 1. The molecule has 1 atom stereocenters. The Morgan fingerprint density at radius 3 is 2.45 bits per heavy atom. The lowest BCUT2D eigenvalue weighted by atomic mass is 10.2. The Morgan fingerprint density at radius 1 is 1.14 bits per heavy atom. The van der Waals surface area contributed by atoms with Crippen molar-refractivity contribution in [2.45, 2.75) is 37.7 Å². The summed E-state index contributed by atoms with van der Waals surface area (Å²) in [5.41, 5.74) is 1.04. The summed E-state index contributed by atoms with van der Waals surface area (Å²) in [4.78, 5) is 30.3. The van der Waals surface area contributed by atoms with Crippen LogP contribution in [0.2, 0.25) is 10.0 Å². The Labute approximate surface area is 183 Å². The van der Waals surface area contributed by atoms with Gasteiger partial charge in [-0.2, -0.15) is 0 Å². The van der Waals surface area contributed by atoms with E-state index in [2.05, 4.69) is 10.3 Å². The standard InChI is InChI=1S/C21H21Cl2N3O2S/c1-12(2)11-26-20(28)17-6-4-5-7-18(17)25-21(26)29-13(3)19(27)24-16-9-14(22)8-15(23)10-16/h4-10,12-13H,11H2,1-3H3,(H,24,27). The SMILES string of the molecule is CC(C)Cn1c(SC(C)C(=O)Nc2cc(Cl)cc(Cl)c2)nc2ccccc2c1=O. The van der Waals surface area contributed by atoms with Gasteiger partial charge in [-0.1, -0.05) is 60.9 Å². The fraction of sp³-hybridized carbons (Fsp3) is 0.286. The van der Waals surface area contributed by atoms with Crippen LogP contribution in [0.1, 0.15) is 20.8 Å². The van der Waals surface area contributed by atoms with Gasteiger partial charge in [0.2, 0.25) is 5.91 Å². The lowest BCUT2D eigenvalue weighted by Gasteiger charge is -2.17. The van der Waals surface area contributed by atoms with Crippen molar-refractivity contribution in [1.29, 1.82) is 0 Å². The number of benzene rings is 2. The van der Waals surface area contributed by atoms with Crippen LogP contribution in [0.5, 0.6) is 0 Å². The molecule has 0 aliphatic heterocycles. The number of hydrogen-bond acceptors (Lipinski definition) is 4. The van der Waals surface area contributed by atoms with Gasteiger partial charge in [0.1, 0.15) is 0 Å². The summed E-state index contributed by atoms with van der Waals surface area (Å²) < 4.78 is 1.65. The number of amides is 1. The summed E-state index contributed by atoms with van der Waals surface area (Å²) >= 11 is 13.2. The second kappa shape index (κ2) is 9.20. The Balaban J connectivity index is 1.89. The molecule has 1 unspecified atom stereocenters. The maximum Gasteiger partial charge on any atom is 0.262 e. The average Bonchev–Trinajstić information content (AvgIpc) is 2.63. The smallest absolute Gasteiger partial charge is 0.262 e. The normalized spacial score (nSPS) is 12.3. The molecular weight excluding hydrogens is 429 g/mol. The van der Waals surface area contributed by atoms with Crippen LogP contribution in [-0.2, 0) is 11.3 Å². The number of thioether (sulfide) groups is 1. The molecule has 0 saturated carbocycles. The van der Waals surface area contributed by atoms with Crippen molar-refractivity contribution >= 4 is 57.5 Å². The molecule has 0 bridgehead atoms. The highest BCUT2D eigenvalue weighted by Crippen LogP contribution is 2.26. The Hall–Kier alpha value is -2.02. The van der Waals surface area contributed by atoms with Gasteiger partial charge < -0.3 is 5.32 Å². The van der Waals surface area contributed by atoms with Gasteiger partial charge in [0.15, 0.2) is 5.16 Å². The van der Waals surface area contributed by atoms with E-state index in [-0.39, 0.29) is 17.4 Å². The van der Waals surface area contributed by atoms with Gasteiger partial charge in [0.25, 0.3) is 5.56 Å². The van der Waals surface area contributed by atoms with Crippen LogP contribution >= 0.6 is 35.0 Å². The van der Waals surface area contributed by atoms with Crippen LogP contribution in [-0.4, -0.2) is 20.7 Å². The molecule has 3 aromatic rings. The summed E-state index contributed by atoms with van der Waals surface area (Å²) in [5, 5.41) is 4.30. The van der Waals surface area contributed by atoms with Crippen molar-refractivity contribution in [2.75, 3.05) is 5.32 Å². The minimum atomic E-state index is -0.487. The molecule has 0 aliphatic carbocycles. The minimum Gasteiger partial charge on any atom is -0.325 e. The zero-order chi connectivity index (χ0) is 21.1. The van der Waals surface area contributed by atoms with Crippen molar-refractivity contribution in [3.05, 3.63) is 62.9 Å². The maximum atomic E-state index is 13.0. The molecule has 2 aromatic carbocycles. The summed E-state index contributed by atoms with van der Waals surface area (Å²) in [7, 11) is 0. The summed E-state index contributed by atoms with van der Waals surface area (Å²) in [5.74, 6) is 0.0274. The lowest BCUT2D eigenvalue weighted by molar-refractivity contribution is -0.115. The van der Waals surface area contributed by atoms with E-state index in [1.807, 2.05) is 26.0 Å². The molecular formula is C21H21Cl2N3O2S. The molecule has 1 N–H and O–H groups in total. The molecule has 1 amide bonds. The molecule has 0 fully saturated rings. The largest absolute Gasteiger partial charge is 0.325 e. The first kappa shape index (κ1) is 21.7. The van der Waals surface area contributed by atoms with Gasteiger partial charge in [-0.3, -0.25) is 14.2 Å². The number of nitrogens with one attached hydrogen (secondary N) is 1. The summed E-state index contributed by atoms with van der Waals surface area (Å²) in [6.07, 6.45) is 0. The van der Waals surface area contributed by atoms with E-state index in [9.17, 15) is 9.59 Å². The Bertz CT molecular complexity index is 1090. The van der Waals surface area contributed by atoms with Gasteiger partial charge in [0, 0.05) is 22.3 Å². The van der Waals surface area contributed by atoms with Crippen LogP contribution in [0.15, 0.2) is 52.4 Å². The molecule has 5 nitrogen and oxygen atoms in total. The predicted octanol–water partition coefficient (Wildman–Crippen LogP) is 5.48. The monoisotopic (exact) mass is 449 g/mol. The van der Waals surface area contributed by atoms with Gasteiger partial charge in [-0.05, 0) is 43.2 Å². The first-order valence-electron chi connectivity index (χ1n) is 9.18. The van der Waals surface area contributed by atoms with Gasteiger partial charge in [-0.25, -0.2) is 4.98 Å². The molecule has 1 aromatic heterocycles. The number of carbonyl (C=O) groups is 1. The molecule has 29 heavy (non-hydrogen) atoms. The summed E-state index contributed by atoms with van der Waals surface area (Å²) in [6.45, 7) is 6.37. The van der Waals surface area contributed by atoms with Crippen molar-refractivity contribution in [3.63, 3.8) is 0 Å². The zero-order valence-electron chi connectivity index (χ0n) is 16.3. The lowest BCUT2D eigenvalue weighted by Crippen LogP contribution is -2.28. The molecule has 8 heteroatoms. The Kier molecular flexibility index (Phi) is 6.88. The van der Waals surface area contributed by atoms with Crippen molar-refractivity contribution in [2.24, 2.45) is 5.92 Å². The number of aromatic nitrogens is 2. The van der Waals surface area contributed by atoms with Gasteiger partial charge in [0.05, 0.1) is 16.2 Å². The second-order valence-corrected chi connectivity index (χ2v) is 9.31. The van der Waals surface area contributed by atoms with Gasteiger partial charge >= 0.3 is 0 Å². The topological polar surface area (TPSA) is 64.0 Å². The number of fused-ring (bicyclic) bond motifs is 1. The molecule has 0 spiro atoms. The first-order chi connectivity index (χ1) is 13.7. The van der Waals surface area contributed by atoms with Crippen molar-refractivity contribution in [1.82, 2.24) is 9.55 Å². The highest BCUT2D eigenvalue weighted by atomic mass is 35.5. The molecule has 1 heterocycles. The van der Waals surface area contributed by atoms with Gasteiger partial charge in [-0.15, -0.1) is 0 Å². The molecule has 3 rings (SSSR count). The second-order valence-electron chi connectivity index (χ2n) is 7.13. The first-order valence-corrected chi connectivity index (χ1v) is 10.8. The number of halogens is 2. The van der Waals surface area contributed by atoms with Crippen molar-refractivity contribution in [3.8, 4) is 0 Å². The third-order valence-electron chi connectivity index (χ3n) is 4.16. The fourth-order valence-corrected chi connectivity index (χ4v) is 4.29. The Morgan fingerprint density at radius 2 is 1.79 bits per heavy atom. The minimum absolute atomic E-state index is 0.0963. The van der Waals surface area contributed by atoms with Crippen LogP contribution < -0.4 is 10.9 Å².